The van der Waals surface area contributed by atoms with Gasteiger partial charge in [0.1, 0.15) is 5.82 Å². The minimum Gasteiger partial charge on any atom is -0.370 e. The van der Waals surface area contributed by atoms with Crippen LogP contribution >= 0.6 is 0 Å². The van der Waals surface area contributed by atoms with Crippen molar-refractivity contribution in [3.8, 4) is 0 Å². The van der Waals surface area contributed by atoms with Gasteiger partial charge in [-0.3, -0.25) is 4.98 Å². The summed E-state index contributed by atoms with van der Waals surface area (Å²) in [6.45, 7) is 6.50. The van der Waals surface area contributed by atoms with Crippen LogP contribution in [0.1, 0.15) is 36.6 Å². The van der Waals surface area contributed by atoms with E-state index in [0.29, 0.717) is 5.92 Å². The van der Waals surface area contributed by atoms with Crippen molar-refractivity contribution in [2.45, 2.75) is 38.6 Å². The van der Waals surface area contributed by atoms with Gasteiger partial charge in [-0.1, -0.05) is 0 Å². The minimum absolute atomic E-state index is 0.515. The molecule has 1 unspecified atom stereocenters. The summed E-state index contributed by atoms with van der Waals surface area (Å²) in [7, 11) is 4.26. The highest BCUT2D eigenvalue weighted by atomic mass is 15.2. The van der Waals surface area contributed by atoms with Crippen LogP contribution in [0.4, 0.5) is 5.69 Å². The molecule has 0 aliphatic carbocycles. The van der Waals surface area contributed by atoms with Crippen molar-refractivity contribution in [1.29, 1.82) is 0 Å². The van der Waals surface area contributed by atoms with Crippen molar-refractivity contribution in [1.82, 2.24) is 19.4 Å². The molecule has 0 radical (unpaired) electrons. The molecule has 130 valence electrons. The second-order valence-electron chi connectivity index (χ2n) is 7.08. The lowest BCUT2D eigenvalue weighted by Gasteiger charge is -2.35. The van der Waals surface area contributed by atoms with Crippen LogP contribution in [-0.4, -0.2) is 53.2 Å². The van der Waals surface area contributed by atoms with E-state index in [2.05, 4.69) is 52.6 Å². The molecular weight excluding hydrogens is 298 g/mol. The topological polar surface area (TPSA) is 37.2 Å². The van der Waals surface area contributed by atoms with E-state index >= 15 is 0 Å². The average molecular weight is 327 g/mol. The van der Waals surface area contributed by atoms with E-state index in [1.165, 1.54) is 29.9 Å². The molecular formula is C19H29N5. The first-order chi connectivity index (χ1) is 11.6. The lowest BCUT2D eigenvalue weighted by molar-refractivity contribution is 0.380. The fraction of sp³-hybridized carbons (Fsp3) is 0.579. The van der Waals surface area contributed by atoms with Crippen LogP contribution in [0.15, 0.2) is 30.9 Å². The number of aromatic nitrogens is 3. The Balaban J connectivity index is 1.69. The van der Waals surface area contributed by atoms with Crippen LogP contribution in [0.5, 0.6) is 0 Å². The molecule has 1 aliphatic rings. The van der Waals surface area contributed by atoms with Crippen molar-refractivity contribution in [3.05, 3.63) is 42.2 Å². The molecule has 1 fully saturated rings. The Morgan fingerprint density at radius 2 is 2.17 bits per heavy atom. The first kappa shape index (κ1) is 17.0. The van der Waals surface area contributed by atoms with E-state index in [-0.39, 0.29) is 0 Å². The number of piperidine rings is 1. The molecule has 1 saturated heterocycles. The molecule has 1 aliphatic heterocycles. The minimum atomic E-state index is 0.515. The van der Waals surface area contributed by atoms with Gasteiger partial charge in [0.25, 0.3) is 0 Å². The van der Waals surface area contributed by atoms with Crippen molar-refractivity contribution >= 4 is 5.69 Å². The molecule has 5 heteroatoms. The molecule has 2 aromatic heterocycles. The van der Waals surface area contributed by atoms with E-state index in [0.717, 1.165) is 32.6 Å². The first-order valence-corrected chi connectivity index (χ1v) is 8.96. The summed E-state index contributed by atoms with van der Waals surface area (Å²) in [6.07, 6.45) is 11.6. The molecule has 24 heavy (non-hydrogen) atoms. The zero-order valence-corrected chi connectivity index (χ0v) is 15.1. The summed E-state index contributed by atoms with van der Waals surface area (Å²) >= 11 is 0. The van der Waals surface area contributed by atoms with Gasteiger partial charge in [-0.2, -0.15) is 0 Å². The summed E-state index contributed by atoms with van der Waals surface area (Å²) in [5, 5.41) is 0. The summed E-state index contributed by atoms with van der Waals surface area (Å²) in [4.78, 5) is 13.7. The normalized spacial score (nSPS) is 18.3. The third-order valence-electron chi connectivity index (χ3n) is 4.87. The second kappa shape index (κ2) is 7.79. The number of nitrogens with zero attached hydrogens (tertiary/aromatic N) is 5. The van der Waals surface area contributed by atoms with Gasteiger partial charge in [0, 0.05) is 56.0 Å². The Bertz CT molecular complexity index is 649. The SMILES string of the molecule is Cc1cnccc1N1CCCC(c2nccn2CCCN(C)C)C1. The van der Waals surface area contributed by atoms with Gasteiger partial charge in [0.2, 0.25) is 0 Å². The molecule has 0 aromatic carbocycles. The van der Waals surface area contributed by atoms with E-state index < -0.39 is 0 Å². The number of rotatable bonds is 6. The van der Waals surface area contributed by atoms with Crippen molar-refractivity contribution in [2.24, 2.45) is 0 Å². The zero-order valence-electron chi connectivity index (χ0n) is 15.1. The highest BCUT2D eigenvalue weighted by Gasteiger charge is 2.25. The van der Waals surface area contributed by atoms with Gasteiger partial charge >= 0.3 is 0 Å². The molecule has 2 aromatic rings. The average Bonchev–Trinajstić information content (AvgIpc) is 3.03. The molecule has 0 bridgehead atoms. The standard InChI is InChI=1S/C19H29N5/c1-16-14-20-8-7-18(16)24-11-4-6-17(15-24)19-21-9-13-23(19)12-5-10-22(2)3/h7-9,13-14,17H,4-6,10-12,15H2,1-3H3. The smallest absolute Gasteiger partial charge is 0.113 e. The molecule has 3 rings (SSSR count). The lowest BCUT2D eigenvalue weighted by atomic mass is 9.96. The van der Waals surface area contributed by atoms with Crippen LogP contribution in [0.25, 0.3) is 0 Å². The predicted molar refractivity (Wildman–Crippen MR) is 98.6 cm³/mol. The van der Waals surface area contributed by atoms with Gasteiger partial charge in [0.05, 0.1) is 0 Å². The third kappa shape index (κ3) is 3.96. The Kier molecular flexibility index (Phi) is 5.51. The van der Waals surface area contributed by atoms with Crippen molar-refractivity contribution in [2.75, 3.05) is 38.6 Å². The molecule has 1 atom stereocenters. The fourth-order valence-electron chi connectivity index (χ4n) is 3.65. The van der Waals surface area contributed by atoms with Crippen LogP contribution in [0, 0.1) is 6.92 Å². The Labute approximate surface area is 145 Å². The van der Waals surface area contributed by atoms with Crippen LogP contribution in [0.3, 0.4) is 0 Å². The van der Waals surface area contributed by atoms with Gasteiger partial charge in [0.15, 0.2) is 0 Å². The van der Waals surface area contributed by atoms with Gasteiger partial charge < -0.3 is 14.4 Å². The first-order valence-electron chi connectivity index (χ1n) is 8.96. The van der Waals surface area contributed by atoms with Gasteiger partial charge in [-0.05, 0) is 58.5 Å². The maximum absolute atomic E-state index is 4.70. The second-order valence-corrected chi connectivity index (χ2v) is 7.08. The molecule has 3 heterocycles. The summed E-state index contributed by atoms with van der Waals surface area (Å²) in [5.74, 6) is 1.77. The van der Waals surface area contributed by atoms with Crippen LogP contribution < -0.4 is 4.90 Å². The zero-order chi connectivity index (χ0) is 16.9. The third-order valence-corrected chi connectivity index (χ3v) is 4.87. The van der Waals surface area contributed by atoms with E-state index in [1.54, 1.807) is 0 Å². The monoisotopic (exact) mass is 327 g/mol. The molecule has 0 N–H and O–H groups in total. The Morgan fingerprint density at radius 1 is 1.29 bits per heavy atom. The maximum atomic E-state index is 4.70. The number of aryl methyl sites for hydroxylation is 2. The van der Waals surface area contributed by atoms with Crippen LogP contribution in [-0.2, 0) is 6.54 Å². The Hall–Kier alpha value is -1.88. The number of pyridine rings is 1. The van der Waals surface area contributed by atoms with E-state index in [9.17, 15) is 0 Å². The quantitative estimate of drug-likeness (QED) is 0.817. The largest absolute Gasteiger partial charge is 0.370 e. The number of hydrogen-bond donors (Lipinski definition) is 0. The van der Waals surface area contributed by atoms with Crippen LogP contribution in [0.2, 0.25) is 0 Å². The molecule has 0 amide bonds. The molecule has 0 saturated carbocycles. The number of anilines is 1. The highest BCUT2D eigenvalue weighted by Crippen LogP contribution is 2.30. The summed E-state index contributed by atoms with van der Waals surface area (Å²) < 4.78 is 2.36. The fourth-order valence-corrected chi connectivity index (χ4v) is 3.65. The summed E-state index contributed by atoms with van der Waals surface area (Å²) in [5.41, 5.74) is 2.58. The van der Waals surface area contributed by atoms with Crippen molar-refractivity contribution in [3.63, 3.8) is 0 Å². The van der Waals surface area contributed by atoms with Gasteiger partial charge in [-0.25, -0.2) is 4.98 Å². The Morgan fingerprint density at radius 3 is 2.96 bits per heavy atom. The molecule has 0 spiro atoms. The summed E-state index contributed by atoms with van der Waals surface area (Å²) in [6, 6.07) is 2.14. The van der Waals surface area contributed by atoms with Gasteiger partial charge in [-0.15, -0.1) is 0 Å². The number of imidazole rings is 1. The highest BCUT2D eigenvalue weighted by molar-refractivity contribution is 5.52. The van der Waals surface area contributed by atoms with Crippen molar-refractivity contribution < 1.29 is 0 Å². The molecule has 5 nitrogen and oxygen atoms in total. The number of hydrogen-bond acceptors (Lipinski definition) is 4. The van der Waals surface area contributed by atoms with E-state index in [4.69, 9.17) is 4.98 Å². The predicted octanol–water partition coefficient (Wildman–Crippen LogP) is 2.92. The lowest BCUT2D eigenvalue weighted by Crippen LogP contribution is -2.35. The van der Waals surface area contributed by atoms with E-state index in [1.807, 2.05) is 18.6 Å². The maximum Gasteiger partial charge on any atom is 0.113 e.